The molecule has 0 spiro atoms. The summed E-state index contributed by atoms with van der Waals surface area (Å²) in [5, 5.41) is 0. The van der Waals surface area contributed by atoms with Gasteiger partial charge < -0.3 is 47.4 Å². The molecule has 0 aromatic rings. The normalized spacial score (nSPS) is 20.9. The maximum Gasteiger partial charge on any atom is 0.303 e. The Balaban J connectivity index is 2.50. The molecule has 2 rings (SSSR count). The van der Waals surface area contributed by atoms with Crippen LogP contribution in [-0.2, 0) is 66.5 Å². The van der Waals surface area contributed by atoms with Crippen LogP contribution in [0.4, 0.5) is 0 Å². The molecule has 2 aliphatic heterocycles. The third-order valence-electron chi connectivity index (χ3n) is 20.6. The lowest BCUT2D eigenvalue weighted by Gasteiger charge is -2.49. The van der Waals surface area contributed by atoms with Crippen LogP contribution in [0.15, 0.2) is 0 Å². The first-order chi connectivity index (χ1) is 48.5. The molecule has 584 valence electrons. The molecule has 0 amide bonds. The monoisotopic (exact) mass is 1410 g/mol. The second kappa shape index (κ2) is 67.5. The van der Waals surface area contributed by atoms with E-state index in [4.69, 9.17) is 47.4 Å². The van der Waals surface area contributed by atoms with E-state index in [-0.39, 0.29) is 19.6 Å². The van der Waals surface area contributed by atoms with Gasteiger partial charge in [-0.15, -0.1) is 0 Å². The second-order valence-corrected chi connectivity index (χ2v) is 30.2. The van der Waals surface area contributed by atoms with Gasteiger partial charge >= 0.3 is 23.9 Å². The van der Waals surface area contributed by atoms with Gasteiger partial charge in [0.25, 0.3) is 0 Å². The maximum atomic E-state index is 13.2. The average Bonchev–Trinajstić information content (AvgIpc) is 0.775. The Hall–Kier alpha value is -2.36. The lowest BCUT2D eigenvalue weighted by molar-refractivity contribution is -0.286. The fraction of sp³-hybridized carbons (Fsp3) is 0.953. The quantitative estimate of drug-likeness (QED) is 0.0321. The number of hydrogen-bond acceptors (Lipinski definition) is 14. The van der Waals surface area contributed by atoms with Crippen LogP contribution < -0.4 is 0 Å². The first kappa shape index (κ1) is 92.7. The van der Waals surface area contributed by atoms with Crippen LogP contribution in [0.3, 0.4) is 0 Å². The molecule has 2 saturated heterocycles. The fourth-order valence-electron chi connectivity index (χ4n) is 14.8. The van der Waals surface area contributed by atoms with E-state index < -0.39 is 84.9 Å². The summed E-state index contributed by atoms with van der Waals surface area (Å²) in [6, 6.07) is 0. The molecular formula is C85H160O14. The van der Waals surface area contributed by atoms with E-state index in [0.29, 0.717) is 26.4 Å². The molecule has 14 heteroatoms. The Kier molecular flexibility index (Phi) is 63.2. The molecule has 0 radical (unpaired) electrons. The predicted molar refractivity (Wildman–Crippen MR) is 407 cm³/mol. The smallest absolute Gasteiger partial charge is 0.303 e. The van der Waals surface area contributed by atoms with E-state index >= 15 is 0 Å². The zero-order valence-electron chi connectivity index (χ0n) is 66.0. The van der Waals surface area contributed by atoms with E-state index in [2.05, 4.69) is 27.7 Å². The van der Waals surface area contributed by atoms with Gasteiger partial charge in [-0.3, -0.25) is 19.2 Å². The molecule has 10 atom stereocenters. The first-order valence-corrected chi connectivity index (χ1v) is 42.9. The highest BCUT2D eigenvalue weighted by atomic mass is 16.7. The van der Waals surface area contributed by atoms with Crippen molar-refractivity contribution in [1.29, 1.82) is 0 Å². The molecule has 2 aliphatic rings. The summed E-state index contributed by atoms with van der Waals surface area (Å²) in [4.78, 5) is 51.5. The third-order valence-corrected chi connectivity index (χ3v) is 20.6. The summed E-state index contributed by atoms with van der Waals surface area (Å²) in [6.45, 7) is 16.3. The Morgan fingerprint density at radius 1 is 0.232 bits per heavy atom. The van der Waals surface area contributed by atoms with Gasteiger partial charge in [-0.05, 0) is 25.7 Å². The van der Waals surface area contributed by atoms with Crippen molar-refractivity contribution >= 4 is 23.9 Å². The number of hydrogen-bond donors (Lipinski definition) is 0. The van der Waals surface area contributed by atoms with Crippen molar-refractivity contribution in [2.75, 3.05) is 39.6 Å². The largest absolute Gasteiger partial charge is 0.463 e. The van der Waals surface area contributed by atoms with Crippen LogP contribution in [0.25, 0.3) is 0 Å². The zero-order valence-corrected chi connectivity index (χ0v) is 66.0. The summed E-state index contributed by atoms with van der Waals surface area (Å²) < 4.78 is 66.0. The van der Waals surface area contributed by atoms with Gasteiger partial charge in [0.2, 0.25) is 0 Å². The molecule has 14 nitrogen and oxygen atoms in total. The molecule has 0 saturated carbocycles. The summed E-state index contributed by atoms with van der Waals surface area (Å²) in [5.41, 5.74) is 0. The molecule has 0 unspecified atom stereocenters. The third kappa shape index (κ3) is 51.5. The minimum absolute atomic E-state index is 0.0995. The van der Waals surface area contributed by atoms with Crippen molar-refractivity contribution in [3.05, 3.63) is 0 Å². The molecule has 0 aromatic heterocycles. The van der Waals surface area contributed by atoms with Crippen LogP contribution in [-0.4, -0.2) is 125 Å². The summed E-state index contributed by atoms with van der Waals surface area (Å²) in [6.07, 6.45) is 62.3. The standard InChI is InChI=1S/C85H160O14/c1-9-13-17-21-25-29-33-37-41-45-49-53-57-61-65-90-70-78-81(92-67-63-59-55-51-47-43-39-35-31-27-23-19-15-11-3)84(93-68-64-60-56-52-48-44-40-36-32-28-24-20-16-12-4)80(91-66-62-58-54-50-46-42-38-34-30-26-22-18-14-10-2)76(98-78)69-77-82(95-73(6)87)85(97-75(8)89)83(96-74(7)88)79(99-77)71-94-72(5)86/h76-85H,9-71H2,1-8H3/t76-,77+,78+,79-,80-,81+,82+,83-,84+,85-/m0/s1. The average molecular weight is 1410 g/mol. The minimum atomic E-state index is -1.30. The van der Waals surface area contributed by atoms with Crippen LogP contribution in [0, 0.1) is 0 Å². The topological polar surface area (TPSA) is 161 Å². The van der Waals surface area contributed by atoms with Crippen LogP contribution in [0.5, 0.6) is 0 Å². The number of esters is 4. The van der Waals surface area contributed by atoms with E-state index in [9.17, 15) is 19.2 Å². The van der Waals surface area contributed by atoms with Crippen LogP contribution in [0.1, 0.15) is 421 Å². The molecule has 0 aliphatic carbocycles. The van der Waals surface area contributed by atoms with Crippen molar-refractivity contribution in [1.82, 2.24) is 0 Å². The number of carbonyl (C=O) groups excluding carboxylic acids is 4. The van der Waals surface area contributed by atoms with Gasteiger partial charge in [0.1, 0.15) is 43.2 Å². The minimum Gasteiger partial charge on any atom is -0.463 e. The number of rotatable bonds is 72. The van der Waals surface area contributed by atoms with Gasteiger partial charge in [-0.1, -0.05) is 362 Å². The Morgan fingerprint density at radius 2 is 0.455 bits per heavy atom. The molecule has 0 bridgehead atoms. The van der Waals surface area contributed by atoms with Crippen molar-refractivity contribution in [3.63, 3.8) is 0 Å². The highest BCUT2D eigenvalue weighted by molar-refractivity contribution is 5.68. The second-order valence-electron chi connectivity index (χ2n) is 30.2. The Labute approximate surface area is 609 Å². The van der Waals surface area contributed by atoms with Gasteiger partial charge in [0.05, 0.1) is 12.7 Å². The van der Waals surface area contributed by atoms with Crippen LogP contribution in [0.2, 0.25) is 0 Å². The molecule has 2 heterocycles. The SMILES string of the molecule is CCCCCCCCCCCCCCCCOC[C@H]1O[C@@H](C[C@H]2O[C@@H](COC(C)=O)[C@H](OC(C)=O)[C@@H](OC(C)=O)[C@@H]2OC(C)=O)[C@H](OCCCCCCCCCCCCCCCC)[C@@H](OCCCCCCCCCCCCCCCC)[C@@H]1OCCCCCCCCCCCCCCCC. The van der Waals surface area contributed by atoms with Crippen molar-refractivity contribution in [2.45, 2.75) is 482 Å². The van der Waals surface area contributed by atoms with Crippen molar-refractivity contribution < 1.29 is 66.5 Å². The number of carbonyl (C=O) groups is 4. The van der Waals surface area contributed by atoms with E-state index in [0.717, 1.165) is 64.2 Å². The van der Waals surface area contributed by atoms with Gasteiger partial charge in [-0.25, -0.2) is 0 Å². The molecule has 99 heavy (non-hydrogen) atoms. The summed E-state index contributed by atoms with van der Waals surface area (Å²) >= 11 is 0. The molecule has 2 fully saturated rings. The maximum absolute atomic E-state index is 13.2. The fourth-order valence-corrected chi connectivity index (χ4v) is 14.8. The van der Waals surface area contributed by atoms with E-state index in [1.807, 2.05) is 0 Å². The predicted octanol–water partition coefficient (Wildman–Crippen LogP) is 23.4. The van der Waals surface area contributed by atoms with E-state index in [1.54, 1.807) is 0 Å². The highest BCUT2D eigenvalue weighted by Crippen LogP contribution is 2.37. The lowest BCUT2D eigenvalue weighted by atomic mass is 9.86. The lowest BCUT2D eigenvalue weighted by Crippen LogP contribution is -2.65. The first-order valence-electron chi connectivity index (χ1n) is 42.9. The van der Waals surface area contributed by atoms with Gasteiger partial charge in [0.15, 0.2) is 18.3 Å². The van der Waals surface area contributed by atoms with Crippen LogP contribution >= 0.6 is 0 Å². The molecule has 0 aromatic carbocycles. The van der Waals surface area contributed by atoms with Gasteiger partial charge in [0, 0.05) is 60.5 Å². The Morgan fingerprint density at radius 3 is 0.737 bits per heavy atom. The highest BCUT2D eigenvalue weighted by Gasteiger charge is 2.55. The summed E-state index contributed by atoms with van der Waals surface area (Å²) in [7, 11) is 0. The summed E-state index contributed by atoms with van der Waals surface area (Å²) in [5.74, 6) is -2.54. The van der Waals surface area contributed by atoms with Crippen molar-refractivity contribution in [2.24, 2.45) is 0 Å². The molecular weight excluding hydrogens is 1240 g/mol. The zero-order chi connectivity index (χ0) is 71.7. The number of unbranched alkanes of at least 4 members (excludes halogenated alkanes) is 52. The molecule has 0 N–H and O–H groups in total. The van der Waals surface area contributed by atoms with Gasteiger partial charge in [-0.2, -0.15) is 0 Å². The van der Waals surface area contributed by atoms with E-state index in [1.165, 1.54) is 323 Å². The number of ether oxygens (including phenoxy) is 10. The Bertz CT molecular complexity index is 1820. The van der Waals surface area contributed by atoms with Crippen molar-refractivity contribution in [3.8, 4) is 0 Å².